The first-order valence-electron chi connectivity index (χ1n) is 11.9. The predicted molar refractivity (Wildman–Crippen MR) is 132 cm³/mol. The number of aryl methyl sites for hydroxylation is 1. The number of amides is 2. The Labute approximate surface area is 202 Å². The topological polar surface area (TPSA) is 80.6 Å². The number of rotatable bonds is 6. The number of aromatic nitrogens is 3. The molecule has 0 bridgehead atoms. The smallest absolute Gasteiger partial charge is 0.261 e. The zero-order chi connectivity index (χ0) is 23.8. The lowest BCUT2D eigenvalue weighted by molar-refractivity contribution is 0.0606. The van der Waals surface area contributed by atoms with Crippen LogP contribution < -0.4 is 4.90 Å². The molecule has 6 rings (SSSR count). The summed E-state index contributed by atoms with van der Waals surface area (Å²) in [6.45, 7) is 3.81. The highest BCUT2D eigenvalue weighted by atomic mass is 16.5. The Morgan fingerprint density at radius 2 is 1.60 bits per heavy atom. The first kappa shape index (κ1) is 21.5. The van der Waals surface area contributed by atoms with Crippen LogP contribution in [0.25, 0.3) is 22.0 Å². The molecule has 2 amide bonds. The number of morpholine rings is 1. The number of carbonyl (C=O) groups is 2. The molecule has 0 unspecified atom stereocenters. The molecule has 3 heterocycles. The minimum Gasteiger partial charge on any atom is -0.378 e. The Bertz CT molecular complexity index is 1390. The maximum Gasteiger partial charge on any atom is 0.261 e. The number of nitrogens with zero attached hydrogens (tertiary/aromatic N) is 5. The average Bonchev–Trinajstić information content (AvgIpc) is 3.39. The summed E-state index contributed by atoms with van der Waals surface area (Å²) < 4.78 is 7.24. The van der Waals surface area contributed by atoms with Crippen molar-refractivity contribution in [2.75, 3.05) is 37.7 Å². The molecule has 0 radical (unpaired) electrons. The van der Waals surface area contributed by atoms with Gasteiger partial charge in [-0.15, -0.1) is 5.10 Å². The van der Waals surface area contributed by atoms with Crippen molar-refractivity contribution in [3.8, 4) is 11.3 Å². The number of benzene rings is 3. The molecular formula is C27H25N5O3. The van der Waals surface area contributed by atoms with Crippen LogP contribution in [0, 0.1) is 0 Å². The minimum atomic E-state index is -0.240. The molecule has 0 N–H and O–H groups in total. The standard InChI is InChI=1S/C27H25N5O3/c33-26-21-9-4-8-20-24(30-14-16-35-17-15-30)11-10-22(25(20)21)27(34)32(26)13-5-12-31-18-23(28-29-31)19-6-2-1-3-7-19/h1-4,6-11,18H,5,12-17H2. The maximum atomic E-state index is 13.4. The number of carbonyl (C=O) groups excluding carboxylic acids is 2. The summed E-state index contributed by atoms with van der Waals surface area (Å²) in [5.74, 6) is -0.480. The largest absolute Gasteiger partial charge is 0.378 e. The Hall–Kier alpha value is -4.04. The summed E-state index contributed by atoms with van der Waals surface area (Å²) in [7, 11) is 0. The van der Waals surface area contributed by atoms with Crippen molar-refractivity contribution in [1.82, 2.24) is 19.9 Å². The van der Waals surface area contributed by atoms with Crippen molar-refractivity contribution in [3.63, 3.8) is 0 Å². The Kier molecular flexibility index (Phi) is 5.50. The fourth-order valence-corrected chi connectivity index (χ4v) is 4.95. The molecule has 8 heteroatoms. The number of ether oxygens (including phenoxy) is 1. The van der Waals surface area contributed by atoms with Crippen LogP contribution in [0.4, 0.5) is 5.69 Å². The van der Waals surface area contributed by atoms with Gasteiger partial charge < -0.3 is 9.64 Å². The molecule has 176 valence electrons. The van der Waals surface area contributed by atoms with Crippen molar-refractivity contribution in [2.24, 2.45) is 0 Å². The summed E-state index contributed by atoms with van der Waals surface area (Å²) in [4.78, 5) is 30.4. The average molecular weight is 468 g/mol. The molecule has 2 aliphatic heterocycles. The molecular weight excluding hydrogens is 442 g/mol. The third kappa shape index (κ3) is 3.85. The van der Waals surface area contributed by atoms with Gasteiger partial charge in [0.1, 0.15) is 5.69 Å². The SMILES string of the molecule is O=C1c2cccc3c(N4CCOCC4)ccc(c23)C(=O)N1CCCn1cc(-c2ccccc2)nn1. The number of imide groups is 1. The van der Waals surface area contributed by atoms with Crippen LogP contribution in [-0.4, -0.2) is 64.6 Å². The molecule has 1 fully saturated rings. The molecule has 8 nitrogen and oxygen atoms in total. The molecule has 0 atom stereocenters. The van der Waals surface area contributed by atoms with E-state index in [-0.39, 0.29) is 11.8 Å². The van der Waals surface area contributed by atoms with E-state index in [1.54, 1.807) is 4.68 Å². The van der Waals surface area contributed by atoms with Crippen molar-refractivity contribution in [3.05, 3.63) is 78.0 Å². The number of hydrogen-bond donors (Lipinski definition) is 0. The van der Waals surface area contributed by atoms with Gasteiger partial charge in [0, 0.05) is 59.3 Å². The lowest BCUT2D eigenvalue weighted by Crippen LogP contribution is -2.41. The Balaban J connectivity index is 1.21. The second-order valence-electron chi connectivity index (χ2n) is 8.81. The first-order chi connectivity index (χ1) is 17.2. The summed E-state index contributed by atoms with van der Waals surface area (Å²) in [6.07, 6.45) is 2.48. The van der Waals surface area contributed by atoms with Gasteiger partial charge in [0.05, 0.1) is 19.4 Å². The van der Waals surface area contributed by atoms with Gasteiger partial charge in [-0.2, -0.15) is 0 Å². The molecule has 1 aromatic heterocycles. The second-order valence-corrected chi connectivity index (χ2v) is 8.81. The van der Waals surface area contributed by atoms with Crippen molar-refractivity contribution < 1.29 is 14.3 Å². The van der Waals surface area contributed by atoms with Crippen LogP contribution in [0.5, 0.6) is 0 Å². The van der Waals surface area contributed by atoms with Gasteiger partial charge in [0.2, 0.25) is 0 Å². The fourth-order valence-electron chi connectivity index (χ4n) is 4.95. The third-order valence-corrected chi connectivity index (χ3v) is 6.70. The summed E-state index contributed by atoms with van der Waals surface area (Å²) >= 11 is 0. The van der Waals surface area contributed by atoms with Crippen molar-refractivity contribution in [2.45, 2.75) is 13.0 Å². The van der Waals surface area contributed by atoms with E-state index >= 15 is 0 Å². The lowest BCUT2D eigenvalue weighted by Gasteiger charge is -2.32. The highest BCUT2D eigenvalue weighted by Gasteiger charge is 2.33. The van der Waals surface area contributed by atoms with Crippen LogP contribution in [0.1, 0.15) is 27.1 Å². The summed E-state index contributed by atoms with van der Waals surface area (Å²) in [5, 5.41) is 10.1. The minimum absolute atomic E-state index is 0.240. The molecule has 35 heavy (non-hydrogen) atoms. The highest BCUT2D eigenvalue weighted by molar-refractivity contribution is 6.26. The van der Waals surface area contributed by atoms with Gasteiger partial charge in [-0.3, -0.25) is 19.2 Å². The molecule has 1 saturated heterocycles. The van der Waals surface area contributed by atoms with Crippen LogP contribution in [0.15, 0.2) is 66.9 Å². The van der Waals surface area contributed by atoms with E-state index in [2.05, 4.69) is 15.2 Å². The van der Waals surface area contributed by atoms with Crippen molar-refractivity contribution >= 4 is 28.3 Å². The zero-order valence-electron chi connectivity index (χ0n) is 19.3. The third-order valence-electron chi connectivity index (χ3n) is 6.70. The first-order valence-corrected chi connectivity index (χ1v) is 11.9. The maximum absolute atomic E-state index is 13.4. The normalized spacial score (nSPS) is 15.8. The lowest BCUT2D eigenvalue weighted by atomic mass is 9.92. The van der Waals surface area contributed by atoms with E-state index < -0.39 is 0 Å². The van der Waals surface area contributed by atoms with Crippen LogP contribution >= 0.6 is 0 Å². The van der Waals surface area contributed by atoms with E-state index in [0.29, 0.717) is 43.9 Å². The number of anilines is 1. The zero-order valence-corrected chi connectivity index (χ0v) is 19.3. The number of hydrogen-bond acceptors (Lipinski definition) is 6. The molecule has 4 aromatic rings. The van der Waals surface area contributed by atoms with E-state index in [4.69, 9.17) is 4.74 Å². The van der Waals surface area contributed by atoms with Gasteiger partial charge in [-0.25, -0.2) is 0 Å². The quantitative estimate of drug-likeness (QED) is 0.403. The molecule has 0 saturated carbocycles. The van der Waals surface area contributed by atoms with Gasteiger partial charge in [0.15, 0.2) is 0 Å². The van der Waals surface area contributed by atoms with E-state index in [1.165, 1.54) is 4.90 Å². The van der Waals surface area contributed by atoms with Gasteiger partial charge in [0.25, 0.3) is 11.8 Å². The molecule has 0 aliphatic carbocycles. The van der Waals surface area contributed by atoms with Gasteiger partial charge in [-0.05, 0) is 24.6 Å². The Morgan fingerprint density at radius 1 is 0.829 bits per heavy atom. The molecule has 3 aromatic carbocycles. The molecule has 0 spiro atoms. The highest BCUT2D eigenvalue weighted by Crippen LogP contribution is 2.36. The van der Waals surface area contributed by atoms with Crippen LogP contribution in [0.2, 0.25) is 0 Å². The van der Waals surface area contributed by atoms with Crippen LogP contribution in [0.3, 0.4) is 0 Å². The van der Waals surface area contributed by atoms with E-state index in [0.717, 1.165) is 40.8 Å². The second kappa shape index (κ2) is 8.96. The van der Waals surface area contributed by atoms with E-state index in [9.17, 15) is 9.59 Å². The van der Waals surface area contributed by atoms with Crippen molar-refractivity contribution in [1.29, 1.82) is 0 Å². The fraction of sp³-hybridized carbons (Fsp3) is 0.259. The monoisotopic (exact) mass is 467 g/mol. The Morgan fingerprint density at radius 3 is 2.40 bits per heavy atom. The summed E-state index contributed by atoms with van der Waals surface area (Å²) in [5.41, 5.74) is 4.01. The predicted octanol–water partition coefficient (Wildman–Crippen LogP) is 3.62. The van der Waals surface area contributed by atoms with Gasteiger partial charge >= 0.3 is 0 Å². The van der Waals surface area contributed by atoms with E-state index in [1.807, 2.05) is 66.9 Å². The summed E-state index contributed by atoms with van der Waals surface area (Å²) in [6, 6.07) is 19.4. The molecule has 2 aliphatic rings. The van der Waals surface area contributed by atoms with Gasteiger partial charge in [-0.1, -0.05) is 47.7 Å². The van der Waals surface area contributed by atoms with Crippen LogP contribution in [-0.2, 0) is 11.3 Å².